The van der Waals surface area contributed by atoms with Gasteiger partial charge in [-0.05, 0) is 52.9 Å². The second kappa shape index (κ2) is 8.17. The highest BCUT2D eigenvalue weighted by molar-refractivity contribution is 8.32. The molecule has 0 saturated carbocycles. The summed E-state index contributed by atoms with van der Waals surface area (Å²) < 4.78 is 40.8. The van der Waals surface area contributed by atoms with Gasteiger partial charge in [-0.1, -0.05) is 50.2 Å². The summed E-state index contributed by atoms with van der Waals surface area (Å²) in [4.78, 5) is 10.1. The molecule has 0 unspecified atom stereocenters. The van der Waals surface area contributed by atoms with Gasteiger partial charge in [0.2, 0.25) is 0 Å². The number of benzene rings is 2. The van der Waals surface area contributed by atoms with E-state index in [1.165, 1.54) is 4.90 Å². The molecule has 0 atom stereocenters. The third-order valence-corrected chi connectivity index (χ3v) is 8.15. The number of halogens is 3. The van der Waals surface area contributed by atoms with Gasteiger partial charge >= 0.3 is 6.18 Å². The van der Waals surface area contributed by atoms with Crippen molar-refractivity contribution in [1.82, 2.24) is 9.97 Å². The number of nitrogens with zero attached hydrogens (tertiary/aromatic N) is 2. The summed E-state index contributed by atoms with van der Waals surface area (Å²) in [7, 11) is 0.939. The van der Waals surface area contributed by atoms with Crippen molar-refractivity contribution in [2.45, 2.75) is 30.2 Å². The van der Waals surface area contributed by atoms with E-state index in [0.717, 1.165) is 27.9 Å². The topological polar surface area (TPSA) is 25.8 Å². The van der Waals surface area contributed by atoms with E-state index in [1.807, 2.05) is 52.2 Å². The average molecular weight is 486 g/mol. The number of fused-ring (bicyclic) bond motifs is 1. The summed E-state index contributed by atoms with van der Waals surface area (Å²) in [5, 5.41) is -1.24. The zero-order valence-corrected chi connectivity index (χ0v) is 21.2. The van der Waals surface area contributed by atoms with Gasteiger partial charge in [-0.25, -0.2) is 15.0 Å². The van der Waals surface area contributed by atoms with Gasteiger partial charge in [0.1, 0.15) is 7.85 Å². The fraction of sp³-hybridized carbons (Fsp3) is 0.280. The molecule has 0 aliphatic carbocycles. The number of pyridine rings is 1. The highest BCUT2D eigenvalue weighted by Gasteiger charge is 2.36. The molecule has 0 fully saturated rings. The molecular formula is C25H26BF3N2S2. The van der Waals surface area contributed by atoms with E-state index in [0.29, 0.717) is 21.6 Å². The number of rotatable bonds is 4. The molecule has 0 radical (unpaired) electrons. The molecule has 0 amide bonds. The van der Waals surface area contributed by atoms with Crippen molar-refractivity contribution in [2.24, 2.45) is 0 Å². The van der Waals surface area contributed by atoms with Gasteiger partial charge in [0.15, 0.2) is 5.01 Å². The monoisotopic (exact) mass is 486 g/mol. The minimum Gasteiger partial charge on any atom is -0.255 e. The molecule has 4 rings (SSSR count). The molecule has 2 aromatic carbocycles. The van der Waals surface area contributed by atoms with Crippen LogP contribution in [0.5, 0.6) is 0 Å². The van der Waals surface area contributed by atoms with Crippen LogP contribution in [-0.2, 0) is 11.5 Å². The van der Waals surface area contributed by atoms with Crippen molar-refractivity contribution in [1.29, 1.82) is 0 Å². The van der Waals surface area contributed by atoms with Crippen LogP contribution in [0, 0.1) is 0 Å². The lowest BCUT2D eigenvalue weighted by atomic mass is 9.65. The highest BCUT2D eigenvalue weighted by atomic mass is 32.3. The average Bonchev–Trinajstić information content (AvgIpc) is 3.16. The maximum Gasteiger partial charge on any atom is 0.443 e. The molecule has 2 aromatic heterocycles. The van der Waals surface area contributed by atoms with E-state index < -0.39 is 26.5 Å². The van der Waals surface area contributed by atoms with Crippen LogP contribution in [0.4, 0.5) is 13.2 Å². The van der Waals surface area contributed by atoms with Crippen molar-refractivity contribution in [3.8, 4) is 22.4 Å². The van der Waals surface area contributed by atoms with Gasteiger partial charge in [-0.15, -0.1) is 11.3 Å². The smallest absolute Gasteiger partial charge is 0.255 e. The first-order valence-corrected chi connectivity index (χ1v) is 14.2. The standard InChI is InChI=1S/C25H26BF3N2S2/c1-24(2,26)21-16(11-12-19-22(21)31-23(32-19)25(27,28)29)18-13-17(15-9-7-6-8-10-15)20(14-30-18)33(3,4)5/h6-14H,26H2,1-5H3. The van der Waals surface area contributed by atoms with Crippen LogP contribution >= 0.6 is 21.4 Å². The van der Waals surface area contributed by atoms with Crippen LogP contribution < -0.4 is 0 Å². The van der Waals surface area contributed by atoms with Crippen LogP contribution in [0.1, 0.15) is 24.4 Å². The Kier molecular flexibility index (Phi) is 5.90. The van der Waals surface area contributed by atoms with Crippen molar-refractivity contribution in [3.63, 3.8) is 0 Å². The SMILES string of the molecule is BC(C)(C)c1c(-c2cc(-c3ccccc3)c(S(C)(C)C)cn2)ccc2sc(C(F)(F)F)nc12. The zero-order chi connectivity index (χ0) is 24.2. The Bertz CT molecular complexity index is 1320. The van der Waals surface area contributed by atoms with Gasteiger partial charge in [-0.3, -0.25) is 4.98 Å². The number of alkyl halides is 3. The van der Waals surface area contributed by atoms with Gasteiger partial charge < -0.3 is 0 Å². The molecular weight excluding hydrogens is 460 g/mol. The van der Waals surface area contributed by atoms with Crippen LogP contribution in [-0.4, -0.2) is 36.6 Å². The van der Waals surface area contributed by atoms with Crippen molar-refractivity contribution < 1.29 is 13.2 Å². The Morgan fingerprint density at radius 3 is 2.18 bits per heavy atom. The van der Waals surface area contributed by atoms with Crippen molar-refractivity contribution >= 4 is 39.4 Å². The first kappa shape index (κ1) is 23.8. The Balaban J connectivity index is 2.01. The summed E-state index contributed by atoms with van der Waals surface area (Å²) in [6.07, 6.45) is 4.17. The lowest BCUT2D eigenvalue weighted by Crippen LogP contribution is -2.19. The zero-order valence-electron chi connectivity index (χ0n) is 19.5. The van der Waals surface area contributed by atoms with Crippen molar-refractivity contribution in [2.75, 3.05) is 18.8 Å². The summed E-state index contributed by atoms with van der Waals surface area (Å²) >= 11 is 0.691. The van der Waals surface area contributed by atoms with Crippen LogP contribution in [0.2, 0.25) is 0 Å². The molecule has 8 heteroatoms. The lowest BCUT2D eigenvalue weighted by Gasteiger charge is -2.29. The fourth-order valence-corrected chi connectivity index (χ4v) is 6.06. The quantitative estimate of drug-likeness (QED) is 0.291. The Morgan fingerprint density at radius 1 is 0.939 bits per heavy atom. The maximum absolute atomic E-state index is 13.4. The Morgan fingerprint density at radius 2 is 1.61 bits per heavy atom. The van der Waals surface area contributed by atoms with Gasteiger partial charge in [0, 0.05) is 16.7 Å². The second-order valence-corrected chi connectivity index (χ2v) is 15.0. The highest BCUT2D eigenvalue weighted by Crippen LogP contribution is 2.51. The minimum absolute atomic E-state index is 0.408. The van der Waals surface area contributed by atoms with Gasteiger partial charge in [0.25, 0.3) is 0 Å². The number of hydrogen-bond donors (Lipinski definition) is 0. The summed E-state index contributed by atoms with van der Waals surface area (Å²) in [6, 6.07) is 15.9. The molecule has 0 spiro atoms. The molecule has 2 heterocycles. The van der Waals surface area contributed by atoms with Gasteiger partial charge in [0.05, 0.1) is 15.9 Å². The van der Waals surface area contributed by atoms with E-state index in [1.54, 1.807) is 6.07 Å². The lowest BCUT2D eigenvalue weighted by molar-refractivity contribution is -0.137. The molecule has 172 valence electrons. The molecule has 0 aliphatic heterocycles. The largest absolute Gasteiger partial charge is 0.443 e. The molecule has 33 heavy (non-hydrogen) atoms. The second-order valence-electron chi connectivity index (χ2n) is 9.87. The molecule has 0 saturated heterocycles. The van der Waals surface area contributed by atoms with Gasteiger partial charge in [-0.2, -0.15) is 13.2 Å². The normalized spacial score (nSPS) is 13.5. The fourth-order valence-electron chi connectivity index (χ4n) is 4.01. The van der Waals surface area contributed by atoms with Crippen LogP contribution in [0.15, 0.2) is 59.6 Å². The third kappa shape index (κ3) is 4.69. The molecule has 0 N–H and O–H groups in total. The summed E-state index contributed by atoms with van der Waals surface area (Å²) in [5.74, 6) is 0. The first-order valence-electron chi connectivity index (χ1n) is 10.5. The van der Waals surface area contributed by atoms with E-state index in [-0.39, 0.29) is 0 Å². The number of thiazole rings is 1. The summed E-state index contributed by atoms with van der Waals surface area (Å²) in [5.41, 5.74) is 4.97. The first-order chi connectivity index (χ1) is 15.3. The van der Waals surface area contributed by atoms with Crippen molar-refractivity contribution in [3.05, 3.63) is 65.3 Å². The van der Waals surface area contributed by atoms with E-state index in [9.17, 15) is 13.2 Å². The Hall–Kier alpha value is -2.32. The third-order valence-electron chi connectivity index (χ3n) is 5.44. The van der Waals surface area contributed by atoms with E-state index in [2.05, 4.69) is 42.0 Å². The molecule has 0 aliphatic rings. The Labute approximate surface area is 199 Å². The van der Waals surface area contributed by atoms with E-state index in [4.69, 9.17) is 4.98 Å². The van der Waals surface area contributed by atoms with Crippen LogP contribution in [0.3, 0.4) is 0 Å². The maximum atomic E-state index is 13.4. The molecule has 4 aromatic rings. The minimum atomic E-state index is -4.46. The molecule has 0 bridgehead atoms. The van der Waals surface area contributed by atoms with E-state index >= 15 is 0 Å². The predicted molar refractivity (Wildman–Crippen MR) is 138 cm³/mol. The number of hydrogen-bond acceptors (Lipinski definition) is 3. The summed E-state index contributed by atoms with van der Waals surface area (Å²) in [6.45, 7) is 4.01. The van der Waals surface area contributed by atoms with Crippen LogP contribution in [0.25, 0.3) is 32.6 Å². The predicted octanol–water partition coefficient (Wildman–Crippen LogP) is 6.97. The molecule has 2 nitrogen and oxygen atoms in total. The number of aromatic nitrogens is 2.